The third kappa shape index (κ3) is 2.24. The lowest BCUT2D eigenvalue weighted by molar-refractivity contribution is -0.133. The molecule has 1 atom stereocenters. The molecule has 1 amide bonds. The van der Waals surface area contributed by atoms with E-state index in [1.165, 1.54) is 5.69 Å². The highest BCUT2D eigenvalue weighted by atomic mass is 16.2. The van der Waals surface area contributed by atoms with Gasteiger partial charge in [-0.3, -0.25) is 4.79 Å². The summed E-state index contributed by atoms with van der Waals surface area (Å²) in [5.41, 5.74) is 2.40. The van der Waals surface area contributed by atoms with Crippen LogP contribution in [0.5, 0.6) is 0 Å². The first-order valence-electron chi connectivity index (χ1n) is 7.80. The van der Waals surface area contributed by atoms with E-state index in [0.29, 0.717) is 0 Å². The van der Waals surface area contributed by atoms with Crippen LogP contribution in [-0.4, -0.2) is 40.0 Å². The second-order valence-electron chi connectivity index (χ2n) is 5.78. The van der Waals surface area contributed by atoms with E-state index in [9.17, 15) is 4.79 Å². The average molecular weight is 276 g/mol. The molecule has 20 heavy (non-hydrogen) atoms. The maximum atomic E-state index is 12.7. The molecule has 1 N–H and O–H groups in total. The van der Waals surface area contributed by atoms with Gasteiger partial charge < -0.3 is 14.8 Å². The Morgan fingerprint density at radius 2 is 2.15 bits per heavy atom. The first-order valence-corrected chi connectivity index (χ1v) is 7.80. The van der Waals surface area contributed by atoms with Gasteiger partial charge in [0.15, 0.2) is 0 Å². The SMILES string of the molecule is CCc1nc2c(n1C(C)C(=O)N1CCCC1)CCNC2. The van der Waals surface area contributed by atoms with E-state index < -0.39 is 0 Å². The van der Waals surface area contributed by atoms with Gasteiger partial charge in [0, 0.05) is 44.7 Å². The van der Waals surface area contributed by atoms with Crippen molar-refractivity contribution >= 4 is 5.91 Å². The van der Waals surface area contributed by atoms with E-state index in [1.807, 2.05) is 11.8 Å². The van der Waals surface area contributed by atoms with Crippen LogP contribution in [0.4, 0.5) is 0 Å². The molecule has 2 aliphatic rings. The number of carbonyl (C=O) groups excluding carboxylic acids is 1. The zero-order valence-electron chi connectivity index (χ0n) is 12.5. The van der Waals surface area contributed by atoms with Crippen LogP contribution in [0.2, 0.25) is 0 Å². The lowest BCUT2D eigenvalue weighted by Gasteiger charge is -2.25. The molecule has 0 radical (unpaired) electrons. The number of imidazole rings is 1. The van der Waals surface area contributed by atoms with Crippen LogP contribution < -0.4 is 5.32 Å². The number of nitrogens with one attached hydrogen (secondary N) is 1. The minimum atomic E-state index is -0.114. The highest BCUT2D eigenvalue weighted by Gasteiger charge is 2.29. The summed E-state index contributed by atoms with van der Waals surface area (Å²) >= 11 is 0. The minimum Gasteiger partial charge on any atom is -0.341 e. The lowest BCUT2D eigenvalue weighted by Crippen LogP contribution is -2.36. The fourth-order valence-electron chi connectivity index (χ4n) is 3.41. The minimum absolute atomic E-state index is 0.114. The molecular formula is C15H24N4O. The number of amides is 1. The van der Waals surface area contributed by atoms with Gasteiger partial charge in [0.25, 0.3) is 0 Å². The monoisotopic (exact) mass is 276 g/mol. The molecule has 0 aromatic carbocycles. The predicted octanol–water partition coefficient (Wildman–Crippen LogP) is 1.27. The van der Waals surface area contributed by atoms with E-state index in [4.69, 9.17) is 4.98 Å². The van der Waals surface area contributed by atoms with Gasteiger partial charge in [-0.2, -0.15) is 0 Å². The van der Waals surface area contributed by atoms with Crippen molar-refractivity contribution in [3.05, 3.63) is 17.2 Å². The number of aromatic nitrogens is 2. The van der Waals surface area contributed by atoms with Crippen LogP contribution in [0, 0.1) is 0 Å². The summed E-state index contributed by atoms with van der Waals surface area (Å²) in [4.78, 5) is 19.4. The second kappa shape index (κ2) is 5.56. The number of rotatable bonds is 3. The summed E-state index contributed by atoms with van der Waals surface area (Å²) in [7, 11) is 0. The lowest BCUT2D eigenvalue weighted by atomic mass is 10.1. The van der Waals surface area contributed by atoms with Gasteiger partial charge in [-0.05, 0) is 19.8 Å². The molecule has 3 heterocycles. The summed E-state index contributed by atoms with van der Waals surface area (Å²) in [5, 5.41) is 3.36. The van der Waals surface area contributed by atoms with Crippen LogP contribution in [0.25, 0.3) is 0 Å². The van der Waals surface area contributed by atoms with E-state index in [-0.39, 0.29) is 11.9 Å². The number of carbonyl (C=O) groups is 1. The fourth-order valence-corrected chi connectivity index (χ4v) is 3.41. The van der Waals surface area contributed by atoms with Gasteiger partial charge in [-0.15, -0.1) is 0 Å². The van der Waals surface area contributed by atoms with Crippen LogP contribution >= 0.6 is 0 Å². The topological polar surface area (TPSA) is 50.2 Å². The van der Waals surface area contributed by atoms with Gasteiger partial charge in [0.1, 0.15) is 11.9 Å². The third-order valence-electron chi connectivity index (χ3n) is 4.48. The smallest absolute Gasteiger partial charge is 0.245 e. The van der Waals surface area contributed by atoms with E-state index in [0.717, 1.165) is 63.4 Å². The fraction of sp³-hybridized carbons (Fsp3) is 0.733. The zero-order chi connectivity index (χ0) is 14.1. The molecule has 2 aliphatic heterocycles. The van der Waals surface area contributed by atoms with Gasteiger partial charge in [-0.1, -0.05) is 6.92 Å². The zero-order valence-corrected chi connectivity index (χ0v) is 12.5. The number of likely N-dealkylation sites (tertiary alicyclic amines) is 1. The van der Waals surface area contributed by atoms with Crippen molar-refractivity contribution in [1.82, 2.24) is 19.8 Å². The molecule has 110 valence electrons. The third-order valence-corrected chi connectivity index (χ3v) is 4.48. The maximum absolute atomic E-state index is 12.7. The highest BCUT2D eigenvalue weighted by molar-refractivity contribution is 5.80. The molecule has 3 rings (SSSR count). The molecule has 0 spiro atoms. The number of nitrogens with zero attached hydrogens (tertiary/aromatic N) is 3. The summed E-state index contributed by atoms with van der Waals surface area (Å²) in [6.45, 7) is 7.80. The maximum Gasteiger partial charge on any atom is 0.245 e. The van der Waals surface area contributed by atoms with E-state index >= 15 is 0 Å². The Morgan fingerprint density at radius 1 is 1.40 bits per heavy atom. The number of aryl methyl sites for hydroxylation is 1. The molecule has 1 aromatic rings. The highest BCUT2D eigenvalue weighted by Crippen LogP contribution is 2.24. The van der Waals surface area contributed by atoms with E-state index in [1.54, 1.807) is 0 Å². The molecule has 5 heteroatoms. The van der Waals surface area contributed by atoms with Gasteiger partial charge in [0.05, 0.1) is 5.69 Å². The number of fused-ring (bicyclic) bond motifs is 1. The molecule has 1 aromatic heterocycles. The summed E-state index contributed by atoms with van der Waals surface area (Å²) < 4.78 is 2.21. The van der Waals surface area contributed by atoms with Crippen LogP contribution in [0.3, 0.4) is 0 Å². The summed E-state index contributed by atoms with van der Waals surface area (Å²) in [6, 6.07) is -0.114. The Bertz CT molecular complexity index is 502. The Kier molecular flexibility index (Phi) is 3.78. The van der Waals surface area contributed by atoms with Crippen molar-refractivity contribution in [2.75, 3.05) is 19.6 Å². The number of hydrogen-bond acceptors (Lipinski definition) is 3. The van der Waals surface area contributed by atoms with Crippen molar-refractivity contribution in [2.24, 2.45) is 0 Å². The molecule has 0 bridgehead atoms. The van der Waals surface area contributed by atoms with Crippen LogP contribution in [-0.2, 0) is 24.2 Å². The quantitative estimate of drug-likeness (QED) is 0.904. The summed E-state index contributed by atoms with van der Waals surface area (Å²) in [6.07, 6.45) is 4.14. The van der Waals surface area contributed by atoms with Crippen molar-refractivity contribution in [3.8, 4) is 0 Å². The largest absolute Gasteiger partial charge is 0.341 e. The van der Waals surface area contributed by atoms with Gasteiger partial charge in [-0.25, -0.2) is 4.98 Å². The van der Waals surface area contributed by atoms with Crippen molar-refractivity contribution in [2.45, 2.75) is 52.1 Å². The normalized spacial score (nSPS) is 20.0. The van der Waals surface area contributed by atoms with Gasteiger partial charge in [0.2, 0.25) is 5.91 Å². The standard InChI is InChI=1S/C15H24N4O/c1-3-14-17-12-10-16-7-6-13(12)19(14)11(2)15(20)18-8-4-5-9-18/h11,16H,3-10H2,1-2H3. The van der Waals surface area contributed by atoms with Crippen molar-refractivity contribution in [1.29, 1.82) is 0 Å². The summed E-state index contributed by atoms with van der Waals surface area (Å²) in [5.74, 6) is 1.31. The molecule has 0 aliphatic carbocycles. The molecule has 0 saturated carbocycles. The average Bonchev–Trinajstić information content (AvgIpc) is 3.12. The molecule has 1 unspecified atom stereocenters. The first-order chi connectivity index (χ1) is 9.72. The van der Waals surface area contributed by atoms with Crippen LogP contribution in [0.1, 0.15) is 49.9 Å². The van der Waals surface area contributed by atoms with Gasteiger partial charge >= 0.3 is 0 Å². The number of hydrogen-bond donors (Lipinski definition) is 1. The molecule has 5 nitrogen and oxygen atoms in total. The molecular weight excluding hydrogens is 252 g/mol. The van der Waals surface area contributed by atoms with Crippen molar-refractivity contribution < 1.29 is 4.79 Å². The second-order valence-corrected chi connectivity index (χ2v) is 5.78. The van der Waals surface area contributed by atoms with E-state index in [2.05, 4.69) is 16.8 Å². The molecule has 1 fully saturated rings. The Balaban J connectivity index is 1.91. The Hall–Kier alpha value is -1.36. The predicted molar refractivity (Wildman–Crippen MR) is 77.5 cm³/mol. The molecule has 1 saturated heterocycles. The Labute approximate surface area is 120 Å². The Morgan fingerprint density at radius 3 is 2.85 bits per heavy atom. The van der Waals surface area contributed by atoms with Crippen molar-refractivity contribution in [3.63, 3.8) is 0 Å². The first kappa shape index (κ1) is 13.6. The van der Waals surface area contributed by atoms with Crippen LogP contribution in [0.15, 0.2) is 0 Å².